The summed E-state index contributed by atoms with van der Waals surface area (Å²) in [5, 5.41) is 6.07. The molecular weight excluding hydrogens is 335 g/mol. The SMILES string of the molecule is Cl.O=C(NCc1cc(F)ccc1Br)C1CCCNC1. The molecule has 106 valence electrons. The van der Waals surface area contributed by atoms with Crippen molar-refractivity contribution in [1.82, 2.24) is 10.6 Å². The molecule has 1 aliphatic heterocycles. The van der Waals surface area contributed by atoms with Crippen molar-refractivity contribution in [3.05, 3.63) is 34.1 Å². The topological polar surface area (TPSA) is 41.1 Å². The van der Waals surface area contributed by atoms with Gasteiger partial charge in [-0.3, -0.25) is 4.79 Å². The van der Waals surface area contributed by atoms with E-state index in [4.69, 9.17) is 0 Å². The number of halogens is 3. The number of carbonyl (C=O) groups is 1. The summed E-state index contributed by atoms with van der Waals surface area (Å²) in [4.78, 5) is 11.9. The molecule has 0 spiro atoms. The molecule has 6 heteroatoms. The van der Waals surface area contributed by atoms with Gasteiger partial charge in [-0.2, -0.15) is 0 Å². The van der Waals surface area contributed by atoms with Gasteiger partial charge in [0.15, 0.2) is 0 Å². The number of carbonyl (C=O) groups excluding carboxylic acids is 1. The summed E-state index contributed by atoms with van der Waals surface area (Å²) in [5.41, 5.74) is 0.757. The van der Waals surface area contributed by atoms with Crippen LogP contribution >= 0.6 is 28.3 Å². The first-order chi connectivity index (χ1) is 8.66. The van der Waals surface area contributed by atoms with Gasteiger partial charge in [-0.05, 0) is 43.1 Å². The molecule has 1 amide bonds. The van der Waals surface area contributed by atoms with Crippen LogP contribution < -0.4 is 10.6 Å². The number of rotatable bonds is 3. The van der Waals surface area contributed by atoms with Gasteiger partial charge in [0.2, 0.25) is 5.91 Å². The maximum atomic E-state index is 13.1. The molecule has 0 aliphatic carbocycles. The second kappa shape index (κ2) is 7.82. The summed E-state index contributed by atoms with van der Waals surface area (Å²) < 4.78 is 13.9. The average molecular weight is 352 g/mol. The minimum absolute atomic E-state index is 0. The van der Waals surface area contributed by atoms with Crippen molar-refractivity contribution in [3.63, 3.8) is 0 Å². The van der Waals surface area contributed by atoms with E-state index in [-0.39, 0.29) is 30.0 Å². The summed E-state index contributed by atoms with van der Waals surface area (Å²) in [6.07, 6.45) is 1.95. The Kier molecular flexibility index (Phi) is 6.75. The van der Waals surface area contributed by atoms with Crippen molar-refractivity contribution in [2.75, 3.05) is 13.1 Å². The summed E-state index contributed by atoms with van der Waals surface area (Å²) in [7, 11) is 0. The molecular formula is C13H17BrClFN2O. The third-order valence-corrected chi connectivity index (χ3v) is 3.90. The fourth-order valence-corrected chi connectivity index (χ4v) is 2.47. The summed E-state index contributed by atoms with van der Waals surface area (Å²) in [6.45, 7) is 2.07. The standard InChI is InChI=1S/C13H16BrFN2O.ClH/c14-12-4-3-11(15)6-10(12)8-17-13(18)9-2-1-5-16-7-9;/h3-4,6,9,16H,1-2,5,7-8H2,(H,17,18);1H. The molecule has 1 aromatic rings. The molecule has 0 saturated carbocycles. The van der Waals surface area contributed by atoms with E-state index < -0.39 is 0 Å². The van der Waals surface area contributed by atoms with Crippen LogP contribution in [0.3, 0.4) is 0 Å². The molecule has 1 heterocycles. The Labute approximate surface area is 126 Å². The molecule has 1 saturated heterocycles. The zero-order valence-electron chi connectivity index (χ0n) is 10.4. The van der Waals surface area contributed by atoms with Gasteiger partial charge < -0.3 is 10.6 Å². The van der Waals surface area contributed by atoms with Gasteiger partial charge in [0.05, 0.1) is 5.92 Å². The second-order valence-corrected chi connectivity index (χ2v) is 5.35. The number of nitrogens with one attached hydrogen (secondary N) is 2. The maximum absolute atomic E-state index is 13.1. The number of hydrogen-bond donors (Lipinski definition) is 2. The zero-order chi connectivity index (χ0) is 13.0. The van der Waals surface area contributed by atoms with Crippen molar-refractivity contribution >= 4 is 34.2 Å². The van der Waals surface area contributed by atoms with Gasteiger partial charge in [-0.15, -0.1) is 12.4 Å². The Balaban J connectivity index is 0.00000180. The van der Waals surface area contributed by atoms with Crippen LogP contribution in [-0.2, 0) is 11.3 Å². The fraction of sp³-hybridized carbons (Fsp3) is 0.462. The van der Waals surface area contributed by atoms with Crippen molar-refractivity contribution in [3.8, 4) is 0 Å². The van der Waals surface area contributed by atoms with E-state index in [0.717, 1.165) is 36.0 Å². The predicted molar refractivity (Wildman–Crippen MR) is 78.8 cm³/mol. The van der Waals surface area contributed by atoms with E-state index >= 15 is 0 Å². The first-order valence-electron chi connectivity index (χ1n) is 6.09. The Morgan fingerprint density at radius 1 is 1.53 bits per heavy atom. The molecule has 0 bridgehead atoms. The quantitative estimate of drug-likeness (QED) is 0.879. The summed E-state index contributed by atoms with van der Waals surface area (Å²) in [5.74, 6) is -0.216. The van der Waals surface area contributed by atoms with Crippen LogP contribution in [0.4, 0.5) is 4.39 Å². The third-order valence-electron chi connectivity index (χ3n) is 3.13. The molecule has 1 aliphatic rings. The van der Waals surface area contributed by atoms with Crippen LogP contribution in [0.15, 0.2) is 22.7 Å². The highest BCUT2D eigenvalue weighted by molar-refractivity contribution is 9.10. The van der Waals surface area contributed by atoms with Crippen LogP contribution in [0.25, 0.3) is 0 Å². The van der Waals surface area contributed by atoms with Gasteiger partial charge in [-0.25, -0.2) is 4.39 Å². The molecule has 0 aromatic heterocycles. The van der Waals surface area contributed by atoms with Gasteiger partial charge in [0, 0.05) is 17.6 Å². The monoisotopic (exact) mass is 350 g/mol. The van der Waals surface area contributed by atoms with Crippen LogP contribution in [0.2, 0.25) is 0 Å². The molecule has 0 radical (unpaired) electrons. The highest BCUT2D eigenvalue weighted by Gasteiger charge is 2.20. The van der Waals surface area contributed by atoms with E-state index in [1.165, 1.54) is 12.1 Å². The lowest BCUT2D eigenvalue weighted by Gasteiger charge is -2.22. The van der Waals surface area contributed by atoms with Crippen LogP contribution in [-0.4, -0.2) is 19.0 Å². The Bertz CT molecular complexity index is 439. The lowest BCUT2D eigenvalue weighted by atomic mass is 9.99. The molecule has 2 rings (SSSR count). The van der Waals surface area contributed by atoms with Gasteiger partial charge in [0.1, 0.15) is 5.82 Å². The maximum Gasteiger partial charge on any atom is 0.224 e. The van der Waals surface area contributed by atoms with Gasteiger partial charge >= 0.3 is 0 Å². The molecule has 1 atom stereocenters. The number of benzene rings is 1. The highest BCUT2D eigenvalue weighted by Crippen LogP contribution is 2.18. The number of amides is 1. The van der Waals surface area contributed by atoms with Crippen molar-refractivity contribution in [2.24, 2.45) is 5.92 Å². The molecule has 1 aromatic carbocycles. The molecule has 1 unspecified atom stereocenters. The van der Waals surface area contributed by atoms with Crippen LogP contribution in [0.5, 0.6) is 0 Å². The largest absolute Gasteiger partial charge is 0.352 e. The Morgan fingerprint density at radius 3 is 3.00 bits per heavy atom. The fourth-order valence-electron chi connectivity index (χ4n) is 2.08. The van der Waals surface area contributed by atoms with Gasteiger partial charge in [-0.1, -0.05) is 15.9 Å². The van der Waals surface area contributed by atoms with Gasteiger partial charge in [0.25, 0.3) is 0 Å². The van der Waals surface area contributed by atoms with E-state index in [2.05, 4.69) is 26.6 Å². The molecule has 1 fully saturated rings. The lowest BCUT2D eigenvalue weighted by molar-refractivity contribution is -0.125. The lowest BCUT2D eigenvalue weighted by Crippen LogP contribution is -2.40. The van der Waals surface area contributed by atoms with Crippen LogP contribution in [0, 0.1) is 11.7 Å². The predicted octanol–water partition coefficient (Wildman–Crippen LogP) is 2.63. The minimum Gasteiger partial charge on any atom is -0.352 e. The summed E-state index contributed by atoms with van der Waals surface area (Å²) >= 11 is 3.35. The highest BCUT2D eigenvalue weighted by atomic mass is 79.9. The van der Waals surface area contributed by atoms with Crippen molar-refractivity contribution < 1.29 is 9.18 Å². The van der Waals surface area contributed by atoms with E-state index in [9.17, 15) is 9.18 Å². The Morgan fingerprint density at radius 2 is 2.32 bits per heavy atom. The smallest absolute Gasteiger partial charge is 0.224 e. The number of hydrogen-bond acceptors (Lipinski definition) is 2. The Hall–Kier alpha value is -0.650. The molecule has 19 heavy (non-hydrogen) atoms. The van der Waals surface area contributed by atoms with Crippen molar-refractivity contribution in [1.29, 1.82) is 0 Å². The minimum atomic E-state index is -0.290. The van der Waals surface area contributed by atoms with Crippen LogP contribution in [0.1, 0.15) is 18.4 Å². The van der Waals surface area contributed by atoms with E-state index in [1.54, 1.807) is 6.07 Å². The average Bonchev–Trinajstić information content (AvgIpc) is 2.40. The number of piperidine rings is 1. The van der Waals surface area contributed by atoms with Crippen molar-refractivity contribution in [2.45, 2.75) is 19.4 Å². The second-order valence-electron chi connectivity index (χ2n) is 4.50. The normalized spacial score (nSPS) is 18.5. The summed E-state index contributed by atoms with van der Waals surface area (Å²) in [6, 6.07) is 4.48. The third kappa shape index (κ3) is 4.75. The first-order valence-corrected chi connectivity index (χ1v) is 6.88. The van der Waals surface area contributed by atoms with E-state index in [0.29, 0.717) is 6.54 Å². The molecule has 3 nitrogen and oxygen atoms in total. The zero-order valence-corrected chi connectivity index (χ0v) is 12.8. The first kappa shape index (κ1) is 16.4. The van der Waals surface area contributed by atoms with E-state index in [1.807, 2.05) is 0 Å². The molecule has 2 N–H and O–H groups in total.